The second kappa shape index (κ2) is 7.16. The standard InChI is InChI=1S/C19H23N5O3S/c1-13-6-8-15(9-7-13)28(25,26)24-11-10-16-18(24)20-12-17(21-16)23-22-14(2)27-19(3,4)5/h6-12,22H,2H2,1,3-5H3,(H,21,23). The van der Waals surface area contributed by atoms with Crippen LogP contribution in [0.1, 0.15) is 26.3 Å². The van der Waals surface area contributed by atoms with Gasteiger partial charge in [-0.1, -0.05) is 17.7 Å². The predicted molar refractivity (Wildman–Crippen MR) is 108 cm³/mol. The molecule has 0 saturated carbocycles. The molecule has 2 heterocycles. The maximum Gasteiger partial charge on any atom is 0.269 e. The second-order valence-corrected chi connectivity index (χ2v) is 9.10. The molecule has 0 atom stereocenters. The average Bonchev–Trinajstić information content (AvgIpc) is 3.03. The zero-order valence-corrected chi connectivity index (χ0v) is 17.0. The molecule has 0 amide bonds. The van der Waals surface area contributed by atoms with Crippen LogP contribution in [0.15, 0.2) is 60.1 Å². The van der Waals surface area contributed by atoms with E-state index in [9.17, 15) is 8.42 Å². The maximum absolute atomic E-state index is 12.9. The van der Waals surface area contributed by atoms with Crippen molar-refractivity contribution in [2.45, 2.75) is 38.2 Å². The lowest BCUT2D eigenvalue weighted by Crippen LogP contribution is -2.29. The summed E-state index contributed by atoms with van der Waals surface area (Å²) in [4.78, 5) is 8.81. The zero-order chi connectivity index (χ0) is 20.5. The second-order valence-electron chi connectivity index (χ2n) is 7.28. The number of anilines is 1. The fraction of sp³-hybridized carbons (Fsp3) is 0.263. The van der Waals surface area contributed by atoms with Gasteiger partial charge in [-0.2, -0.15) is 0 Å². The Morgan fingerprint density at radius 3 is 2.50 bits per heavy atom. The molecule has 0 bridgehead atoms. The first-order valence-corrected chi connectivity index (χ1v) is 10.1. The number of fused-ring (bicyclic) bond motifs is 1. The molecule has 0 aliphatic heterocycles. The van der Waals surface area contributed by atoms with Gasteiger partial charge < -0.3 is 4.74 Å². The van der Waals surface area contributed by atoms with Gasteiger partial charge in [0.15, 0.2) is 17.3 Å². The summed E-state index contributed by atoms with van der Waals surface area (Å²) in [5, 5.41) is 0. The van der Waals surface area contributed by atoms with Crippen molar-refractivity contribution in [3.8, 4) is 0 Å². The van der Waals surface area contributed by atoms with Gasteiger partial charge in [0.1, 0.15) is 11.1 Å². The fourth-order valence-corrected chi connectivity index (χ4v) is 3.79. The molecule has 3 aromatic rings. The molecule has 0 spiro atoms. The Morgan fingerprint density at radius 1 is 1.18 bits per heavy atom. The van der Waals surface area contributed by atoms with Crippen LogP contribution in [0.25, 0.3) is 11.2 Å². The molecular weight excluding hydrogens is 378 g/mol. The van der Waals surface area contributed by atoms with Gasteiger partial charge in [-0.25, -0.2) is 22.4 Å². The van der Waals surface area contributed by atoms with Gasteiger partial charge in [0.25, 0.3) is 10.0 Å². The summed E-state index contributed by atoms with van der Waals surface area (Å²) in [6.07, 6.45) is 2.87. The van der Waals surface area contributed by atoms with Crippen LogP contribution in [0.2, 0.25) is 0 Å². The summed E-state index contributed by atoms with van der Waals surface area (Å²) in [7, 11) is -3.75. The van der Waals surface area contributed by atoms with Gasteiger partial charge in [0.05, 0.1) is 11.1 Å². The van der Waals surface area contributed by atoms with E-state index >= 15 is 0 Å². The molecule has 2 aromatic heterocycles. The van der Waals surface area contributed by atoms with Gasteiger partial charge in [-0.3, -0.25) is 10.9 Å². The third kappa shape index (κ3) is 4.25. The molecule has 1 aromatic carbocycles. The summed E-state index contributed by atoms with van der Waals surface area (Å²) < 4.78 is 32.5. The normalized spacial score (nSPS) is 12.0. The summed E-state index contributed by atoms with van der Waals surface area (Å²) in [5.74, 6) is 0.727. The van der Waals surface area contributed by atoms with Crippen LogP contribution in [-0.2, 0) is 14.8 Å². The van der Waals surface area contributed by atoms with Crippen LogP contribution in [0, 0.1) is 6.92 Å². The molecule has 0 unspecified atom stereocenters. The summed E-state index contributed by atoms with van der Waals surface area (Å²) in [6.45, 7) is 11.4. The van der Waals surface area contributed by atoms with Crippen molar-refractivity contribution in [2.75, 3.05) is 5.43 Å². The smallest absolute Gasteiger partial charge is 0.269 e. The van der Waals surface area contributed by atoms with Crippen molar-refractivity contribution in [2.24, 2.45) is 0 Å². The van der Waals surface area contributed by atoms with Crippen LogP contribution in [-0.4, -0.2) is 28.0 Å². The van der Waals surface area contributed by atoms with E-state index in [1.54, 1.807) is 30.3 Å². The van der Waals surface area contributed by atoms with E-state index in [4.69, 9.17) is 4.74 Å². The largest absolute Gasteiger partial charge is 0.473 e. The number of nitrogens with zero attached hydrogens (tertiary/aromatic N) is 3. The number of aromatic nitrogens is 3. The lowest BCUT2D eigenvalue weighted by atomic mass is 10.2. The van der Waals surface area contributed by atoms with Crippen molar-refractivity contribution in [3.63, 3.8) is 0 Å². The van der Waals surface area contributed by atoms with Crippen molar-refractivity contribution >= 4 is 27.0 Å². The van der Waals surface area contributed by atoms with Crippen LogP contribution >= 0.6 is 0 Å². The number of hydrazine groups is 1. The van der Waals surface area contributed by atoms with E-state index in [-0.39, 0.29) is 16.1 Å². The van der Waals surface area contributed by atoms with E-state index in [2.05, 4.69) is 27.4 Å². The highest BCUT2D eigenvalue weighted by Gasteiger charge is 2.20. The van der Waals surface area contributed by atoms with E-state index in [1.807, 2.05) is 27.7 Å². The van der Waals surface area contributed by atoms with Crippen molar-refractivity contribution in [1.82, 2.24) is 19.4 Å². The van der Waals surface area contributed by atoms with Crippen molar-refractivity contribution in [1.29, 1.82) is 0 Å². The average molecular weight is 401 g/mol. The Kier molecular flexibility index (Phi) is 5.03. The van der Waals surface area contributed by atoms with E-state index in [0.717, 1.165) is 9.54 Å². The monoisotopic (exact) mass is 401 g/mol. The highest BCUT2D eigenvalue weighted by Crippen LogP contribution is 2.21. The highest BCUT2D eigenvalue weighted by atomic mass is 32.2. The van der Waals surface area contributed by atoms with Crippen LogP contribution in [0.5, 0.6) is 0 Å². The number of nitrogens with one attached hydrogen (secondary N) is 2. The predicted octanol–water partition coefficient (Wildman–Crippen LogP) is 3.18. The van der Waals surface area contributed by atoms with Gasteiger partial charge >= 0.3 is 0 Å². The van der Waals surface area contributed by atoms with Crippen molar-refractivity contribution < 1.29 is 13.2 Å². The first-order valence-electron chi connectivity index (χ1n) is 8.62. The summed E-state index contributed by atoms with van der Waals surface area (Å²) in [5.41, 5.74) is 6.91. The number of rotatable bonds is 6. The molecular formula is C19H23N5O3S. The minimum atomic E-state index is -3.75. The third-order valence-electron chi connectivity index (χ3n) is 3.69. The Hall–Kier alpha value is -3.07. The summed E-state index contributed by atoms with van der Waals surface area (Å²) in [6, 6.07) is 8.25. The van der Waals surface area contributed by atoms with Crippen LogP contribution < -0.4 is 10.9 Å². The van der Waals surface area contributed by atoms with Crippen LogP contribution in [0.4, 0.5) is 5.82 Å². The SMILES string of the molecule is C=C(NNc1cnc2c(ccn2S(=O)(=O)c2ccc(C)cc2)n1)OC(C)(C)C. The minimum absolute atomic E-state index is 0.192. The number of ether oxygens (including phenoxy) is 1. The Bertz CT molecular complexity index is 1110. The Balaban J connectivity index is 1.83. The zero-order valence-electron chi connectivity index (χ0n) is 16.2. The number of hydrogen-bond acceptors (Lipinski definition) is 7. The fourth-order valence-electron chi connectivity index (χ4n) is 2.49. The first-order chi connectivity index (χ1) is 13.1. The number of aryl methyl sites for hydroxylation is 1. The van der Waals surface area contributed by atoms with E-state index in [0.29, 0.717) is 17.2 Å². The summed E-state index contributed by atoms with van der Waals surface area (Å²) >= 11 is 0. The lowest BCUT2D eigenvalue weighted by Gasteiger charge is -2.23. The van der Waals surface area contributed by atoms with Gasteiger partial charge in [0, 0.05) is 6.20 Å². The molecule has 0 saturated heterocycles. The van der Waals surface area contributed by atoms with Gasteiger partial charge in [0.2, 0.25) is 0 Å². The molecule has 3 rings (SSSR count). The molecule has 9 heteroatoms. The molecule has 0 aliphatic carbocycles. The van der Waals surface area contributed by atoms with Gasteiger partial charge in [-0.05, 0) is 52.5 Å². The number of benzene rings is 1. The Morgan fingerprint density at radius 2 is 1.86 bits per heavy atom. The molecule has 0 radical (unpaired) electrons. The molecule has 0 fully saturated rings. The molecule has 28 heavy (non-hydrogen) atoms. The molecule has 8 nitrogen and oxygen atoms in total. The van der Waals surface area contributed by atoms with Crippen molar-refractivity contribution in [3.05, 3.63) is 60.8 Å². The lowest BCUT2D eigenvalue weighted by molar-refractivity contribution is 0.0434. The quantitative estimate of drug-likeness (QED) is 0.483. The molecule has 0 aliphatic rings. The highest BCUT2D eigenvalue weighted by molar-refractivity contribution is 7.90. The first kappa shape index (κ1) is 19.7. The third-order valence-corrected chi connectivity index (χ3v) is 5.37. The van der Waals surface area contributed by atoms with Crippen LogP contribution in [0.3, 0.4) is 0 Å². The Labute approximate surface area is 164 Å². The van der Waals surface area contributed by atoms with Gasteiger partial charge in [-0.15, -0.1) is 0 Å². The minimum Gasteiger partial charge on any atom is -0.473 e. The topological polar surface area (TPSA) is 98.1 Å². The maximum atomic E-state index is 12.9. The molecule has 148 valence electrons. The molecule has 2 N–H and O–H groups in total. The number of hydrogen-bond donors (Lipinski definition) is 2. The van der Waals surface area contributed by atoms with E-state index in [1.165, 1.54) is 12.4 Å². The van der Waals surface area contributed by atoms with E-state index < -0.39 is 10.0 Å².